The molecule has 4 nitrogen and oxygen atoms in total. The largest absolute Gasteiger partial charge is 0.395 e. The van der Waals surface area contributed by atoms with Crippen LogP contribution < -0.4 is 0 Å². The second-order valence-corrected chi connectivity index (χ2v) is 8.43. The van der Waals surface area contributed by atoms with Crippen molar-refractivity contribution in [2.75, 3.05) is 13.2 Å². The number of aliphatic hydroxyl groups is 1. The Morgan fingerprint density at radius 1 is 1.19 bits per heavy atom. The first-order valence-corrected chi connectivity index (χ1v) is 9.06. The second-order valence-electron chi connectivity index (χ2n) is 4.24. The van der Waals surface area contributed by atoms with Crippen LogP contribution in [0.2, 0.25) is 8.67 Å². The summed E-state index contributed by atoms with van der Waals surface area (Å²) in [6, 6.07) is 10.5. The van der Waals surface area contributed by atoms with Crippen LogP contribution in [0.5, 0.6) is 0 Å². The van der Waals surface area contributed by atoms with E-state index in [0.717, 1.165) is 16.9 Å². The van der Waals surface area contributed by atoms with Gasteiger partial charge < -0.3 is 5.11 Å². The predicted octanol–water partition coefficient (Wildman–Crippen LogP) is 3.24. The van der Waals surface area contributed by atoms with E-state index >= 15 is 0 Å². The molecule has 2 rings (SSSR count). The summed E-state index contributed by atoms with van der Waals surface area (Å²) in [6.07, 6.45) is 0. The molecule has 8 heteroatoms. The van der Waals surface area contributed by atoms with Crippen molar-refractivity contribution >= 4 is 44.6 Å². The number of nitrogens with zero attached hydrogens (tertiary/aromatic N) is 1. The van der Waals surface area contributed by atoms with Crippen LogP contribution in [-0.2, 0) is 16.6 Å². The molecular weight excluding hydrogens is 353 g/mol. The van der Waals surface area contributed by atoms with Crippen molar-refractivity contribution in [1.29, 1.82) is 0 Å². The van der Waals surface area contributed by atoms with Crippen LogP contribution >= 0.6 is 34.5 Å². The highest BCUT2D eigenvalue weighted by atomic mass is 35.5. The van der Waals surface area contributed by atoms with Crippen LogP contribution in [0.15, 0.2) is 41.3 Å². The molecule has 0 radical (unpaired) electrons. The Balaban J connectivity index is 2.35. The monoisotopic (exact) mass is 365 g/mol. The van der Waals surface area contributed by atoms with Gasteiger partial charge in [0.05, 0.1) is 10.9 Å². The van der Waals surface area contributed by atoms with Gasteiger partial charge in [-0.2, -0.15) is 4.31 Å². The fourth-order valence-electron chi connectivity index (χ4n) is 1.82. The SMILES string of the molecule is O=S(=O)(c1cc(Cl)sc1Cl)N(CCO)Cc1ccccc1. The Kier molecular flexibility index (Phi) is 5.65. The highest BCUT2D eigenvalue weighted by molar-refractivity contribution is 7.89. The molecule has 0 spiro atoms. The fraction of sp³-hybridized carbons (Fsp3) is 0.231. The molecule has 0 atom stereocenters. The van der Waals surface area contributed by atoms with Crippen molar-refractivity contribution in [2.24, 2.45) is 0 Å². The summed E-state index contributed by atoms with van der Waals surface area (Å²) in [5, 5.41) is 9.14. The molecule has 0 bridgehead atoms. The summed E-state index contributed by atoms with van der Waals surface area (Å²) in [5.41, 5.74) is 0.826. The number of hydrogen-bond acceptors (Lipinski definition) is 4. The average Bonchev–Trinajstić information content (AvgIpc) is 2.79. The third-order valence-corrected chi connectivity index (χ3v) is 6.39. The zero-order valence-electron chi connectivity index (χ0n) is 10.9. The molecule has 1 N–H and O–H groups in total. The molecule has 2 aromatic rings. The summed E-state index contributed by atoms with van der Waals surface area (Å²) in [6.45, 7) is -0.129. The Morgan fingerprint density at radius 3 is 2.38 bits per heavy atom. The van der Waals surface area contributed by atoms with E-state index in [1.165, 1.54) is 10.4 Å². The summed E-state index contributed by atoms with van der Waals surface area (Å²) < 4.78 is 26.9. The van der Waals surface area contributed by atoms with Gasteiger partial charge in [-0.1, -0.05) is 53.5 Å². The minimum atomic E-state index is -3.80. The van der Waals surface area contributed by atoms with E-state index in [0.29, 0.717) is 4.34 Å². The maximum absolute atomic E-state index is 12.6. The Morgan fingerprint density at radius 2 is 1.86 bits per heavy atom. The van der Waals surface area contributed by atoms with Gasteiger partial charge in [-0.15, -0.1) is 11.3 Å². The van der Waals surface area contributed by atoms with Crippen LogP contribution in [0.4, 0.5) is 0 Å². The van der Waals surface area contributed by atoms with E-state index in [2.05, 4.69) is 0 Å². The van der Waals surface area contributed by atoms with Gasteiger partial charge in [-0.25, -0.2) is 8.42 Å². The van der Waals surface area contributed by atoms with E-state index in [9.17, 15) is 8.42 Å². The lowest BCUT2D eigenvalue weighted by atomic mass is 10.2. The molecule has 0 unspecified atom stereocenters. The predicted molar refractivity (Wildman–Crippen MR) is 85.5 cm³/mol. The van der Waals surface area contributed by atoms with E-state index in [1.807, 2.05) is 30.3 Å². The smallest absolute Gasteiger partial charge is 0.245 e. The van der Waals surface area contributed by atoms with Gasteiger partial charge >= 0.3 is 0 Å². The van der Waals surface area contributed by atoms with E-state index in [1.54, 1.807) is 0 Å². The van der Waals surface area contributed by atoms with Crippen molar-refractivity contribution in [3.8, 4) is 0 Å². The van der Waals surface area contributed by atoms with Gasteiger partial charge in [0, 0.05) is 13.1 Å². The molecule has 21 heavy (non-hydrogen) atoms. The molecule has 1 heterocycles. The molecule has 0 fully saturated rings. The molecule has 1 aromatic carbocycles. The maximum atomic E-state index is 12.6. The number of halogens is 2. The molecular formula is C13H13Cl2NO3S2. The van der Waals surface area contributed by atoms with Gasteiger partial charge in [0.1, 0.15) is 9.23 Å². The normalized spacial score (nSPS) is 12.0. The second kappa shape index (κ2) is 7.09. The van der Waals surface area contributed by atoms with Crippen LogP contribution in [0.1, 0.15) is 5.56 Å². The lowest BCUT2D eigenvalue weighted by Gasteiger charge is -2.21. The van der Waals surface area contributed by atoms with Gasteiger partial charge in [0.25, 0.3) is 0 Å². The summed E-state index contributed by atoms with van der Waals surface area (Å²) in [4.78, 5) is -0.0245. The first kappa shape index (κ1) is 16.7. The van der Waals surface area contributed by atoms with Crippen LogP contribution in [0.25, 0.3) is 0 Å². The molecule has 0 saturated heterocycles. The maximum Gasteiger partial charge on any atom is 0.245 e. The highest BCUT2D eigenvalue weighted by Crippen LogP contribution is 2.36. The number of thiophene rings is 1. The standard InChI is InChI=1S/C13H13Cl2NO3S2/c14-12-8-11(13(15)20-12)21(18,19)16(6-7-17)9-10-4-2-1-3-5-10/h1-5,8,17H,6-7,9H2. The van der Waals surface area contributed by atoms with Gasteiger partial charge in [0.2, 0.25) is 10.0 Å². The van der Waals surface area contributed by atoms with Crippen molar-refractivity contribution in [3.05, 3.63) is 50.6 Å². The van der Waals surface area contributed by atoms with Crippen molar-refractivity contribution in [2.45, 2.75) is 11.4 Å². The van der Waals surface area contributed by atoms with Crippen molar-refractivity contribution < 1.29 is 13.5 Å². The lowest BCUT2D eigenvalue weighted by molar-refractivity contribution is 0.251. The topological polar surface area (TPSA) is 57.6 Å². The quantitative estimate of drug-likeness (QED) is 0.854. The lowest BCUT2D eigenvalue weighted by Crippen LogP contribution is -2.33. The van der Waals surface area contributed by atoms with Gasteiger partial charge in [-0.3, -0.25) is 0 Å². The van der Waals surface area contributed by atoms with E-state index in [4.69, 9.17) is 28.3 Å². The summed E-state index contributed by atoms with van der Waals surface area (Å²) in [5.74, 6) is 0. The summed E-state index contributed by atoms with van der Waals surface area (Å²) >= 11 is 12.8. The number of hydrogen-bond donors (Lipinski definition) is 1. The molecule has 0 amide bonds. The minimum absolute atomic E-state index is 0.0129. The zero-order chi connectivity index (χ0) is 15.5. The molecule has 114 valence electrons. The van der Waals surface area contributed by atoms with Gasteiger partial charge in [-0.05, 0) is 11.6 Å². The average molecular weight is 366 g/mol. The first-order valence-electron chi connectivity index (χ1n) is 6.05. The zero-order valence-corrected chi connectivity index (χ0v) is 14.0. The summed E-state index contributed by atoms with van der Waals surface area (Å²) in [7, 11) is -3.80. The third kappa shape index (κ3) is 3.97. The Hall–Kier alpha value is -0.630. The first-order chi connectivity index (χ1) is 9.95. The van der Waals surface area contributed by atoms with Crippen molar-refractivity contribution in [3.63, 3.8) is 0 Å². The van der Waals surface area contributed by atoms with Crippen LogP contribution in [-0.4, -0.2) is 31.0 Å². The minimum Gasteiger partial charge on any atom is -0.395 e. The van der Waals surface area contributed by atoms with Crippen LogP contribution in [0, 0.1) is 0 Å². The third-order valence-electron chi connectivity index (χ3n) is 2.79. The van der Waals surface area contributed by atoms with Crippen molar-refractivity contribution in [1.82, 2.24) is 4.31 Å². The fourth-order valence-corrected chi connectivity index (χ4v) is 5.35. The molecule has 0 aliphatic carbocycles. The number of benzene rings is 1. The van der Waals surface area contributed by atoms with E-state index in [-0.39, 0.29) is 28.9 Å². The molecule has 0 aliphatic heterocycles. The van der Waals surface area contributed by atoms with Crippen LogP contribution in [0.3, 0.4) is 0 Å². The van der Waals surface area contributed by atoms with Gasteiger partial charge in [0.15, 0.2) is 0 Å². The Labute approximate surface area is 137 Å². The number of sulfonamides is 1. The Bertz CT molecular complexity index is 701. The molecule has 0 aliphatic rings. The number of aliphatic hydroxyl groups excluding tert-OH is 1. The van der Waals surface area contributed by atoms with E-state index < -0.39 is 10.0 Å². The number of rotatable bonds is 6. The molecule has 0 saturated carbocycles. The highest BCUT2D eigenvalue weighted by Gasteiger charge is 2.28. The molecule has 1 aromatic heterocycles.